The van der Waals surface area contributed by atoms with Gasteiger partial charge in [0.1, 0.15) is 17.3 Å². The molecule has 2 heterocycles. The van der Waals surface area contributed by atoms with E-state index >= 15 is 0 Å². The molecule has 26 heavy (non-hydrogen) atoms. The molecule has 2 aromatic rings. The minimum atomic E-state index is -3.14. The van der Waals surface area contributed by atoms with E-state index in [4.69, 9.17) is 4.42 Å². The summed E-state index contributed by atoms with van der Waals surface area (Å²) in [5, 5.41) is 0. The van der Waals surface area contributed by atoms with Crippen LogP contribution in [-0.2, 0) is 16.6 Å². The first-order valence-electron chi connectivity index (χ1n) is 8.94. The molecule has 0 aliphatic carbocycles. The molecule has 1 aliphatic rings. The lowest BCUT2D eigenvalue weighted by Gasteiger charge is -2.31. The maximum Gasteiger partial charge on any atom is 0.211 e. The van der Waals surface area contributed by atoms with Gasteiger partial charge in [0.2, 0.25) is 10.0 Å². The summed E-state index contributed by atoms with van der Waals surface area (Å²) in [7, 11) is -3.14. The minimum Gasteiger partial charge on any atom is -0.460 e. The Kier molecular flexibility index (Phi) is 5.79. The van der Waals surface area contributed by atoms with E-state index in [0.717, 1.165) is 48.6 Å². The average Bonchev–Trinajstić information content (AvgIpc) is 3.04. The van der Waals surface area contributed by atoms with Crippen LogP contribution in [0.1, 0.15) is 31.1 Å². The van der Waals surface area contributed by atoms with Crippen LogP contribution in [0, 0.1) is 12.7 Å². The average molecular weight is 380 g/mol. The van der Waals surface area contributed by atoms with E-state index in [2.05, 4.69) is 9.62 Å². The van der Waals surface area contributed by atoms with Gasteiger partial charge >= 0.3 is 0 Å². The van der Waals surface area contributed by atoms with Crippen molar-refractivity contribution in [1.29, 1.82) is 0 Å². The summed E-state index contributed by atoms with van der Waals surface area (Å²) in [5.74, 6) is 1.46. The molecule has 1 fully saturated rings. The maximum absolute atomic E-state index is 13.3. The number of likely N-dealkylation sites (tertiary alicyclic amines) is 1. The monoisotopic (exact) mass is 380 g/mol. The van der Waals surface area contributed by atoms with Crippen molar-refractivity contribution in [3.63, 3.8) is 0 Å². The quantitative estimate of drug-likeness (QED) is 0.835. The molecule has 142 valence electrons. The number of halogens is 1. The van der Waals surface area contributed by atoms with E-state index in [1.807, 2.05) is 19.1 Å². The zero-order chi connectivity index (χ0) is 18.7. The molecule has 3 rings (SSSR count). The molecular formula is C19H25FN2O3S. The molecule has 1 saturated heterocycles. The Morgan fingerprint density at radius 3 is 2.62 bits per heavy atom. The lowest BCUT2D eigenvalue weighted by atomic mass is 10.1. The van der Waals surface area contributed by atoms with E-state index in [9.17, 15) is 12.8 Å². The molecule has 7 heteroatoms. The third-order valence-electron chi connectivity index (χ3n) is 4.81. The van der Waals surface area contributed by atoms with E-state index < -0.39 is 10.0 Å². The molecule has 1 N–H and O–H groups in total. The Hall–Kier alpha value is -1.70. The number of aryl methyl sites for hydroxylation is 1. The highest BCUT2D eigenvalue weighted by Crippen LogP contribution is 2.27. The van der Waals surface area contributed by atoms with E-state index in [1.54, 1.807) is 13.0 Å². The lowest BCUT2D eigenvalue weighted by molar-refractivity contribution is 0.187. The molecule has 1 aliphatic heterocycles. The van der Waals surface area contributed by atoms with E-state index in [-0.39, 0.29) is 17.6 Å². The third kappa shape index (κ3) is 4.72. The number of hydrogen-bond donors (Lipinski definition) is 1. The van der Waals surface area contributed by atoms with E-state index in [0.29, 0.717) is 6.54 Å². The van der Waals surface area contributed by atoms with Crippen molar-refractivity contribution in [2.45, 2.75) is 39.3 Å². The molecule has 0 atom stereocenters. The lowest BCUT2D eigenvalue weighted by Crippen LogP contribution is -2.44. The zero-order valence-electron chi connectivity index (χ0n) is 15.2. The Bertz CT molecular complexity index is 855. The van der Waals surface area contributed by atoms with E-state index in [1.165, 1.54) is 12.1 Å². The van der Waals surface area contributed by atoms with Crippen LogP contribution in [-0.4, -0.2) is 38.2 Å². The largest absolute Gasteiger partial charge is 0.460 e. The van der Waals surface area contributed by atoms with Crippen molar-refractivity contribution >= 4 is 10.0 Å². The van der Waals surface area contributed by atoms with Crippen LogP contribution in [0.4, 0.5) is 4.39 Å². The molecule has 5 nitrogen and oxygen atoms in total. The highest BCUT2D eigenvalue weighted by atomic mass is 32.2. The molecule has 1 aromatic carbocycles. The van der Waals surface area contributed by atoms with Crippen molar-refractivity contribution in [3.8, 4) is 11.3 Å². The number of rotatable bonds is 6. The van der Waals surface area contributed by atoms with Gasteiger partial charge in [0, 0.05) is 24.7 Å². The number of benzene rings is 1. The molecule has 0 saturated carbocycles. The van der Waals surface area contributed by atoms with Crippen LogP contribution in [0.5, 0.6) is 0 Å². The number of piperidine rings is 1. The number of nitrogens with one attached hydrogen (secondary N) is 1. The third-order valence-corrected chi connectivity index (χ3v) is 6.26. The predicted molar refractivity (Wildman–Crippen MR) is 99.7 cm³/mol. The first kappa shape index (κ1) is 19.1. The first-order chi connectivity index (χ1) is 12.4. The molecule has 0 amide bonds. The Morgan fingerprint density at radius 1 is 1.23 bits per heavy atom. The number of sulfonamides is 1. The number of furan rings is 1. The first-order valence-corrected chi connectivity index (χ1v) is 10.6. The maximum atomic E-state index is 13.3. The summed E-state index contributed by atoms with van der Waals surface area (Å²) in [6.07, 6.45) is 1.59. The van der Waals surface area contributed by atoms with Gasteiger partial charge in [-0.25, -0.2) is 17.5 Å². The molecule has 1 aromatic heterocycles. The van der Waals surface area contributed by atoms with Gasteiger partial charge in [-0.15, -0.1) is 0 Å². The predicted octanol–water partition coefficient (Wildman–Crippen LogP) is 3.30. The van der Waals surface area contributed by atoms with Crippen molar-refractivity contribution in [1.82, 2.24) is 9.62 Å². The van der Waals surface area contributed by atoms with Gasteiger partial charge in [-0.3, -0.25) is 4.90 Å². The van der Waals surface area contributed by atoms with Crippen molar-refractivity contribution < 1.29 is 17.2 Å². The summed E-state index contributed by atoms with van der Waals surface area (Å²) >= 11 is 0. The van der Waals surface area contributed by atoms with Crippen molar-refractivity contribution in [2.24, 2.45) is 0 Å². The Balaban J connectivity index is 1.57. The number of hydrogen-bond acceptors (Lipinski definition) is 4. The van der Waals surface area contributed by atoms with Gasteiger partial charge in [0.25, 0.3) is 0 Å². The van der Waals surface area contributed by atoms with Gasteiger partial charge < -0.3 is 4.42 Å². The van der Waals surface area contributed by atoms with Crippen LogP contribution in [0.3, 0.4) is 0 Å². The van der Waals surface area contributed by atoms with Crippen molar-refractivity contribution in [3.05, 3.63) is 47.5 Å². The van der Waals surface area contributed by atoms with Crippen LogP contribution in [0.2, 0.25) is 0 Å². The van der Waals surface area contributed by atoms with Gasteiger partial charge in [-0.1, -0.05) is 0 Å². The standard InChI is InChI=1S/C19H25FN2O3S/c1-3-26(23,24)21-16-8-10-22(11-9-16)13-17-5-7-19(25-17)18-6-4-15(20)12-14(18)2/h4-7,12,16,21H,3,8-11,13H2,1-2H3. The van der Waals surface area contributed by atoms with Crippen LogP contribution >= 0.6 is 0 Å². The summed E-state index contributed by atoms with van der Waals surface area (Å²) in [6, 6.07) is 8.55. The molecule has 0 radical (unpaired) electrons. The fraction of sp³-hybridized carbons (Fsp3) is 0.474. The summed E-state index contributed by atoms with van der Waals surface area (Å²) in [4.78, 5) is 2.26. The molecule has 0 bridgehead atoms. The highest BCUT2D eigenvalue weighted by Gasteiger charge is 2.23. The van der Waals surface area contributed by atoms with Gasteiger partial charge in [0.05, 0.1) is 12.3 Å². The number of nitrogens with zero attached hydrogens (tertiary/aromatic N) is 1. The second kappa shape index (κ2) is 7.90. The fourth-order valence-electron chi connectivity index (χ4n) is 3.28. The molecular weight excluding hydrogens is 355 g/mol. The Labute approximate surface area is 154 Å². The topological polar surface area (TPSA) is 62.6 Å². The molecule has 0 unspecified atom stereocenters. The molecule has 0 spiro atoms. The normalized spacial score (nSPS) is 16.9. The van der Waals surface area contributed by atoms with Gasteiger partial charge in [-0.05, 0) is 62.6 Å². The van der Waals surface area contributed by atoms with Gasteiger partial charge in [-0.2, -0.15) is 0 Å². The minimum absolute atomic E-state index is 0.0187. The van der Waals surface area contributed by atoms with Crippen LogP contribution < -0.4 is 4.72 Å². The van der Waals surface area contributed by atoms with Crippen LogP contribution in [0.15, 0.2) is 34.7 Å². The summed E-state index contributed by atoms with van der Waals surface area (Å²) in [5.41, 5.74) is 1.74. The van der Waals surface area contributed by atoms with Gasteiger partial charge in [0.15, 0.2) is 0 Å². The summed E-state index contributed by atoms with van der Waals surface area (Å²) < 4.78 is 45.3. The van der Waals surface area contributed by atoms with Crippen LogP contribution in [0.25, 0.3) is 11.3 Å². The second-order valence-corrected chi connectivity index (χ2v) is 8.84. The fourth-order valence-corrected chi connectivity index (χ4v) is 4.19. The second-order valence-electron chi connectivity index (χ2n) is 6.80. The Morgan fingerprint density at radius 2 is 1.96 bits per heavy atom. The zero-order valence-corrected chi connectivity index (χ0v) is 16.0. The highest BCUT2D eigenvalue weighted by molar-refractivity contribution is 7.89. The van der Waals surface area contributed by atoms with Crippen molar-refractivity contribution in [2.75, 3.05) is 18.8 Å². The SMILES string of the molecule is CCS(=O)(=O)NC1CCN(Cc2ccc(-c3ccc(F)cc3C)o2)CC1. The summed E-state index contributed by atoms with van der Waals surface area (Å²) in [6.45, 7) is 5.84. The smallest absolute Gasteiger partial charge is 0.211 e.